The molecule has 0 bridgehead atoms. The maximum absolute atomic E-state index is 5.85. The van der Waals surface area contributed by atoms with E-state index in [9.17, 15) is 0 Å². The normalized spacial score (nSPS) is 16.1. The molecule has 0 saturated heterocycles. The predicted molar refractivity (Wildman–Crippen MR) is 102 cm³/mol. The monoisotopic (exact) mass is 411 g/mol. The summed E-state index contributed by atoms with van der Waals surface area (Å²) in [5.74, 6) is 1.65. The summed E-state index contributed by atoms with van der Waals surface area (Å²) in [6.07, 6.45) is 9.21. The molecule has 1 saturated carbocycles. The first-order valence-electron chi connectivity index (χ1n) is 8.36. The van der Waals surface area contributed by atoms with Crippen molar-refractivity contribution in [3.63, 3.8) is 0 Å². The Bertz CT molecular complexity index is 264. The molecule has 5 heteroatoms. The van der Waals surface area contributed by atoms with Crippen LogP contribution in [0.15, 0.2) is 4.99 Å². The van der Waals surface area contributed by atoms with Gasteiger partial charge in [-0.25, -0.2) is 0 Å². The molecule has 1 rings (SSSR count). The van der Waals surface area contributed by atoms with Crippen LogP contribution >= 0.6 is 24.0 Å². The lowest BCUT2D eigenvalue weighted by Crippen LogP contribution is -2.40. The second-order valence-corrected chi connectivity index (χ2v) is 5.69. The van der Waals surface area contributed by atoms with Crippen molar-refractivity contribution in [2.75, 3.05) is 26.7 Å². The zero-order valence-corrected chi connectivity index (χ0v) is 16.3. The van der Waals surface area contributed by atoms with Gasteiger partial charge in [0.25, 0.3) is 0 Å². The van der Waals surface area contributed by atoms with Gasteiger partial charge in [0.2, 0.25) is 0 Å². The summed E-state index contributed by atoms with van der Waals surface area (Å²) in [7, 11) is 1.83. The summed E-state index contributed by atoms with van der Waals surface area (Å²) in [6, 6.07) is 0. The van der Waals surface area contributed by atoms with Gasteiger partial charge in [-0.1, -0.05) is 39.5 Å². The number of ether oxygens (including phenoxy) is 1. The van der Waals surface area contributed by atoms with Crippen LogP contribution in [0.4, 0.5) is 0 Å². The van der Waals surface area contributed by atoms with E-state index in [1.165, 1.54) is 38.5 Å². The second kappa shape index (κ2) is 13.6. The highest BCUT2D eigenvalue weighted by atomic mass is 127. The molecule has 4 nitrogen and oxygen atoms in total. The Labute approximate surface area is 147 Å². The van der Waals surface area contributed by atoms with Gasteiger partial charge in [-0.2, -0.15) is 0 Å². The molecule has 0 amide bonds. The predicted octanol–water partition coefficient (Wildman–Crippen LogP) is 3.55. The molecule has 0 aromatic carbocycles. The minimum Gasteiger partial charge on any atom is -0.378 e. The highest BCUT2D eigenvalue weighted by Crippen LogP contribution is 2.20. The number of rotatable bonds is 9. The lowest BCUT2D eigenvalue weighted by Gasteiger charge is -2.17. The summed E-state index contributed by atoms with van der Waals surface area (Å²) in [4.78, 5) is 4.26. The van der Waals surface area contributed by atoms with Crippen molar-refractivity contribution in [3.8, 4) is 0 Å². The standard InChI is InChI=1S/C16H33N3O.HI/c1-4-14(5-2)13-19-16(17-3)18-11-8-12-20-15-9-6-7-10-15;/h14-15H,4-13H2,1-3H3,(H2,17,18,19);1H. The van der Waals surface area contributed by atoms with Crippen LogP contribution < -0.4 is 10.6 Å². The van der Waals surface area contributed by atoms with Gasteiger partial charge in [0.05, 0.1) is 6.10 Å². The van der Waals surface area contributed by atoms with Crippen LogP contribution in [0.3, 0.4) is 0 Å². The average molecular weight is 411 g/mol. The fourth-order valence-corrected chi connectivity index (χ4v) is 2.62. The van der Waals surface area contributed by atoms with Crippen molar-refractivity contribution in [2.45, 2.75) is 64.9 Å². The molecular weight excluding hydrogens is 377 g/mol. The van der Waals surface area contributed by atoms with E-state index in [1.807, 2.05) is 7.05 Å². The lowest BCUT2D eigenvalue weighted by atomic mass is 10.0. The van der Waals surface area contributed by atoms with Gasteiger partial charge in [0.15, 0.2) is 5.96 Å². The van der Waals surface area contributed by atoms with E-state index in [0.717, 1.165) is 38.0 Å². The topological polar surface area (TPSA) is 45.7 Å². The number of nitrogens with zero attached hydrogens (tertiary/aromatic N) is 1. The SMILES string of the molecule is CCC(CC)CNC(=NC)NCCCOC1CCCC1.I. The Morgan fingerprint density at radius 2 is 1.86 bits per heavy atom. The molecule has 1 fully saturated rings. The van der Waals surface area contributed by atoms with E-state index in [1.54, 1.807) is 0 Å². The first kappa shape index (κ1) is 21.0. The third-order valence-corrected chi connectivity index (χ3v) is 4.21. The van der Waals surface area contributed by atoms with E-state index < -0.39 is 0 Å². The molecule has 0 aromatic rings. The minimum atomic E-state index is 0. The van der Waals surface area contributed by atoms with Crippen LogP contribution in [0.2, 0.25) is 0 Å². The Morgan fingerprint density at radius 3 is 2.43 bits per heavy atom. The summed E-state index contributed by atoms with van der Waals surface area (Å²) in [6.45, 7) is 7.28. The van der Waals surface area contributed by atoms with Crippen LogP contribution in [0.25, 0.3) is 0 Å². The number of nitrogens with one attached hydrogen (secondary N) is 2. The van der Waals surface area contributed by atoms with E-state index in [-0.39, 0.29) is 24.0 Å². The van der Waals surface area contributed by atoms with Crippen molar-refractivity contribution in [1.82, 2.24) is 10.6 Å². The summed E-state index contributed by atoms with van der Waals surface area (Å²) >= 11 is 0. The van der Waals surface area contributed by atoms with Crippen LogP contribution in [0.5, 0.6) is 0 Å². The molecule has 0 atom stereocenters. The van der Waals surface area contributed by atoms with E-state index in [2.05, 4.69) is 29.5 Å². The Hall–Kier alpha value is -0.0400. The summed E-state index contributed by atoms with van der Waals surface area (Å²) in [5.41, 5.74) is 0. The first-order chi connectivity index (χ1) is 9.80. The maximum atomic E-state index is 5.85. The minimum absolute atomic E-state index is 0. The molecular formula is C16H34IN3O. The third kappa shape index (κ3) is 9.55. The molecule has 2 N–H and O–H groups in total. The van der Waals surface area contributed by atoms with Crippen molar-refractivity contribution in [3.05, 3.63) is 0 Å². The zero-order valence-electron chi connectivity index (χ0n) is 14.0. The highest BCUT2D eigenvalue weighted by molar-refractivity contribution is 14.0. The van der Waals surface area contributed by atoms with Gasteiger partial charge in [-0.15, -0.1) is 24.0 Å². The second-order valence-electron chi connectivity index (χ2n) is 5.69. The largest absolute Gasteiger partial charge is 0.378 e. The smallest absolute Gasteiger partial charge is 0.190 e. The number of hydrogen-bond acceptors (Lipinski definition) is 2. The molecule has 0 radical (unpaired) electrons. The Kier molecular flexibility index (Phi) is 13.6. The average Bonchev–Trinajstić information content (AvgIpc) is 2.99. The zero-order chi connectivity index (χ0) is 14.6. The summed E-state index contributed by atoms with van der Waals surface area (Å²) < 4.78 is 5.85. The molecule has 21 heavy (non-hydrogen) atoms. The van der Waals surface area contributed by atoms with Gasteiger partial charge in [0.1, 0.15) is 0 Å². The van der Waals surface area contributed by atoms with Gasteiger partial charge in [0, 0.05) is 26.7 Å². The van der Waals surface area contributed by atoms with Crippen molar-refractivity contribution in [2.24, 2.45) is 10.9 Å². The molecule has 0 aromatic heterocycles. The lowest BCUT2D eigenvalue weighted by molar-refractivity contribution is 0.0574. The maximum Gasteiger partial charge on any atom is 0.190 e. The van der Waals surface area contributed by atoms with Gasteiger partial charge in [-0.05, 0) is 25.2 Å². The van der Waals surface area contributed by atoms with Crippen molar-refractivity contribution in [1.29, 1.82) is 0 Å². The molecule has 0 spiro atoms. The van der Waals surface area contributed by atoms with Crippen LogP contribution in [-0.4, -0.2) is 38.8 Å². The van der Waals surface area contributed by atoms with Crippen LogP contribution in [0.1, 0.15) is 58.8 Å². The number of hydrogen-bond donors (Lipinski definition) is 2. The molecule has 1 aliphatic carbocycles. The fraction of sp³-hybridized carbons (Fsp3) is 0.938. The first-order valence-corrected chi connectivity index (χ1v) is 8.36. The van der Waals surface area contributed by atoms with E-state index >= 15 is 0 Å². The van der Waals surface area contributed by atoms with Gasteiger partial charge in [-0.3, -0.25) is 4.99 Å². The Balaban J connectivity index is 0.00000400. The molecule has 0 aliphatic heterocycles. The molecule has 0 heterocycles. The van der Waals surface area contributed by atoms with Gasteiger partial charge < -0.3 is 15.4 Å². The van der Waals surface area contributed by atoms with Crippen LogP contribution in [0, 0.1) is 5.92 Å². The number of guanidine groups is 1. The third-order valence-electron chi connectivity index (χ3n) is 4.21. The van der Waals surface area contributed by atoms with Crippen LogP contribution in [-0.2, 0) is 4.74 Å². The van der Waals surface area contributed by atoms with E-state index in [4.69, 9.17) is 4.74 Å². The highest BCUT2D eigenvalue weighted by Gasteiger charge is 2.14. The Morgan fingerprint density at radius 1 is 1.19 bits per heavy atom. The number of aliphatic imine (C=N–C) groups is 1. The summed E-state index contributed by atoms with van der Waals surface area (Å²) in [5, 5.41) is 6.76. The fourth-order valence-electron chi connectivity index (χ4n) is 2.62. The van der Waals surface area contributed by atoms with Crippen molar-refractivity contribution >= 4 is 29.9 Å². The quantitative estimate of drug-likeness (QED) is 0.264. The van der Waals surface area contributed by atoms with Crippen molar-refractivity contribution < 1.29 is 4.74 Å². The molecule has 126 valence electrons. The molecule has 1 aliphatic rings. The molecule has 0 unspecified atom stereocenters. The van der Waals surface area contributed by atoms with E-state index in [0.29, 0.717) is 6.10 Å². The van der Waals surface area contributed by atoms with Gasteiger partial charge >= 0.3 is 0 Å². The number of halogens is 1.